The van der Waals surface area contributed by atoms with Crippen molar-refractivity contribution in [3.8, 4) is 0 Å². The second kappa shape index (κ2) is 4.85. The van der Waals surface area contributed by atoms with E-state index in [1.54, 1.807) is 0 Å². The predicted octanol–water partition coefficient (Wildman–Crippen LogP) is 2.79. The van der Waals surface area contributed by atoms with E-state index in [0.29, 0.717) is 18.0 Å². The number of hydrogen-bond acceptors (Lipinski definition) is 4. The largest absolute Gasteiger partial charge is 0.478 e. The Kier molecular flexibility index (Phi) is 3.26. The third-order valence-corrected chi connectivity index (χ3v) is 4.34. The van der Waals surface area contributed by atoms with Crippen LogP contribution in [0.25, 0.3) is 0 Å². The number of carboxylic acids is 1. The second-order valence-corrected chi connectivity index (χ2v) is 5.68. The molecule has 5 nitrogen and oxygen atoms in total. The maximum atomic E-state index is 12.9. The average molecular weight is 301 g/mol. The molecule has 2 saturated carbocycles. The van der Waals surface area contributed by atoms with E-state index in [4.69, 9.17) is 5.11 Å². The van der Waals surface area contributed by atoms with Crippen LogP contribution in [0, 0.1) is 11.8 Å². The monoisotopic (exact) mass is 301 g/mol. The van der Waals surface area contributed by atoms with Crippen LogP contribution in [0.15, 0.2) is 6.20 Å². The zero-order valence-corrected chi connectivity index (χ0v) is 11.0. The molecule has 2 bridgehead atoms. The molecule has 2 N–H and O–H groups in total. The molecule has 0 amide bonds. The summed E-state index contributed by atoms with van der Waals surface area (Å²) in [6, 6.07) is 0.0838. The van der Waals surface area contributed by atoms with Gasteiger partial charge in [-0.25, -0.2) is 14.8 Å². The van der Waals surface area contributed by atoms with E-state index < -0.39 is 23.4 Å². The fourth-order valence-corrected chi connectivity index (χ4v) is 3.41. The lowest BCUT2D eigenvalue weighted by atomic mass is 9.95. The van der Waals surface area contributed by atoms with Gasteiger partial charge in [-0.2, -0.15) is 13.2 Å². The Labute approximate surface area is 118 Å². The summed E-state index contributed by atoms with van der Waals surface area (Å²) < 4.78 is 38.6. The molecule has 114 valence electrons. The molecule has 0 radical (unpaired) electrons. The molecule has 0 saturated heterocycles. The Bertz CT molecular complexity index is 576. The van der Waals surface area contributed by atoms with Crippen LogP contribution in [0.4, 0.5) is 19.1 Å². The summed E-state index contributed by atoms with van der Waals surface area (Å²) >= 11 is 0. The quantitative estimate of drug-likeness (QED) is 0.898. The van der Waals surface area contributed by atoms with Crippen LogP contribution >= 0.6 is 0 Å². The van der Waals surface area contributed by atoms with Crippen LogP contribution in [-0.4, -0.2) is 27.1 Å². The first-order valence-electron chi connectivity index (χ1n) is 6.78. The Balaban J connectivity index is 1.85. The molecular formula is C13H14F3N3O2. The average Bonchev–Trinajstić information content (AvgIpc) is 2.99. The molecule has 1 aromatic rings. The van der Waals surface area contributed by atoms with Gasteiger partial charge in [-0.15, -0.1) is 0 Å². The van der Waals surface area contributed by atoms with Gasteiger partial charge in [0.2, 0.25) is 5.95 Å². The second-order valence-electron chi connectivity index (χ2n) is 5.68. The minimum Gasteiger partial charge on any atom is -0.478 e. The number of nitrogens with zero attached hydrogens (tertiary/aromatic N) is 2. The molecule has 21 heavy (non-hydrogen) atoms. The van der Waals surface area contributed by atoms with Crippen LogP contribution in [0.5, 0.6) is 0 Å². The van der Waals surface area contributed by atoms with Gasteiger partial charge in [0.25, 0.3) is 0 Å². The van der Waals surface area contributed by atoms with E-state index in [2.05, 4.69) is 15.3 Å². The number of aromatic carboxylic acids is 1. The lowest BCUT2D eigenvalue weighted by molar-refractivity contribution is -0.141. The van der Waals surface area contributed by atoms with Gasteiger partial charge >= 0.3 is 12.1 Å². The highest BCUT2D eigenvalue weighted by molar-refractivity contribution is 5.88. The van der Waals surface area contributed by atoms with E-state index >= 15 is 0 Å². The third-order valence-electron chi connectivity index (χ3n) is 4.34. The van der Waals surface area contributed by atoms with Crippen LogP contribution in [-0.2, 0) is 6.18 Å². The molecule has 0 aliphatic heterocycles. The molecule has 2 aliphatic rings. The zero-order valence-electron chi connectivity index (χ0n) is 11.0. The maximum absolute atomic E-state index is 12.9. The van der Waals surface area contributed by atoms with Crippen molar-refractivity contribution in [1.29, 1.82) is 0 Å². The number of rotatable bonds is 3. The maximum Gasteiger partial charge on any atom is 0.434 e. The highest BCUT2D eigenvalue weighted by atomic mass is 19.4. The molecule has 0 unspecified atom stereocenters. The van der Waals surface area contributed by atoms with Crippen molar-refractivity contribution in [1.82, 2.24) is 9.97 Å². The molecule has 3 rings (SSSR count). The summed E-state index contributed by atoms with van der Waals surface area (Å²) in [7, 11) is 0. The lowest BCUT2D eigenvalue weighted by Gasteiger charge is -2.23. The van der Waals surface area contributed by atoms with Gasteiger partial charge in [-0.3, -0.25) is 0 Å². The highest BCUT2D eigenvalue weighted by Gasteiger charge is 2.41. The molecular weight excluding hydrogens is 287 g/mol. The fraction of sp³-hybridized carbons (Fsp3) is 0.615. The first-order valence-corrected chi connectivity index (χ1v) is 6.78. The van der Waals surface area contributed by atoms with Crippen LogP contribution in [0.3, 0.4) is 0 Å². The summed E-state index contributed by atoms with van der Waals surface area (Å²) in [6.45, 7) is 0. The Hall–Kier alpha value is -1.86. The Morgan fingerprint density at radius 2 is 2.10 bits per heavy atom. The van der Waals surface area contributed by atoms with Crippen molar-refractivity contribution >= 4 is 11.9 Å². The minimum absolute atomic E-state index is 0.0838. The molecule has 1 aromatic heterocycles. The van der Waals surface area contributed by atoms with Crippen molar-refractivity contribution in [2.75, 3.05) is 5.32 Å². The number of hydrogen-bond donors (Lipinski definition) is 2. The molecule has 0 spiro atoms. The van der Waals surface area contributed by atoms with Crippen molar-refractivity contribution in [3.63, 3.8) is 0 Å². The van der Waals surface area contributed by atoms with Crippen molar-refractivity contribution in [3.05, 3.63) is 17.5 Å². The van der Waals surface area contributed by atoms with Gasteiger partial charge in [0.15, 0.2) is 5.69 Å². The summed E-state index contributed by atoms with van der Waals surface area (Å²) in [4.78, 5) is 17.9. The van der Waals surface area contributed by atoms with E-state index in [9.17, 15) is 18.0 Å². The van der Waals surface area contributed by atoms with Gasteiger partial charge in [0, 0.05) is 12.2 Å². The summed E-state index contributed by atoms with van der Waals surface area (Å²) in [6.07, 6.45) is 0.152. The number of halogens is 3. The molecule has 2 aliphatic carbocycles. The fourth-order valence-electron chi connectivity index (χ4n) is 3.41. The smallest absolute Gasteiger partial charge is 0.434 e. The van der Waals surface area contributed by atoms with Gasteiger partial charge in [0.1, 0.15) is 5.56 Å². The summed E-state index contributed by atoms with van der Waals surface area (Å²) in [5, 5.41) is 11.7. The normalized spacial score (nSPS) is 27.9. The number of alkyl halides is 3. The molecule has 1 heterocycles. The van der Waals surface area contributed by atoms with E-state index in [1.807, 2.05) is 0 Å². The number of carbonyl (C=O) groups is 1. The molecule has 3 atom stereocenters. The summed E-state index contributed by atoms with van der Waals surface area (Å²) in [5.74, 6) is -0.751. The van der Waals surface area contributed by atoms with Gasteiger partial charge in [-0.05, 0) is 31.1 Å². The van der Waals surface area contributed by atoms with Gasteiger partial charge < -0.3 is 10.4 Å². The first-order chi connectivity index (χ1) is 9.84. The number of anilines is 1. The van der Waals surface area contributed by atoms with Crippen molar-refractivity contribution in [2.24, 2.45) is 11.8 Å². The Morgan fingerprint density at radius 1 is 1.33 bits per heavy atom. The van der Waals surface area contributed by atoms with Crippen LogP contribution in [0.2, 0.25) is 0 Å². The minimum atomic E-state index is -4.82. The third kappa shape index (κ3) is 2.66. The SMILES string of the molecule is O=C(O)c1cnc(N[C@@H]2C[C@@H]3CC[C@@H]2C3)nc1C(F)(F)F. The number of carboxylic acid groups (broad SMARTS) is 1. The van der Waals surface area contributed by atoms with E-state index in [-0.39, 0.29) is 12.0 Å². The lowest BCUT2D eigenvalue weighted by Crippen LogP contribution is -2.28. The zero-order chi connectivity index (χ0) is 15.2. The Morgan fingerprint density at radius 3 is 2.62 bits per heavy atom. The first kappa shape index (κ1) is 14.1. The van der Waals surface area contributed by atoms with E-state index in [0.717, 1.165) is 19.3 Å². The van der Waals surface area contributed by atoms with Crippen LogP contribution in [0.1, 0.15) is 41.7 Å². The van der Waals surface area contributed by atoms with Crippen molar-refractivity contribution in [2.45, 2.75) is 37.9 Å². The standard InChI is InChI=1S/C13H14F3N3O2/c14-13(15,16)10-8(11(20)21)5-17-12(19-10)18-9-4-6-1-2-7(9)3-6/h5-7,9H,1-4H2,(H,20,21)(H,17,18,19)/t6-,7-,9-/m1/s1. The van der Waals surface area contributed by atoms with E-state index in [1.165, 1.54) is 6.42 Å². The van der Waals surface area contributed by atoms with Crippen molar-refractivity contribution < 1.29 is 23.1 Å². The van der Waals surface area contributed by atoms with Gasteiger partial charge in [-0.1, -0.05) is 6.42 Å². The molecule has 8 heteroatoms. The summed E-state index contributed by atoms with van der Waals surface area (Å²) in [5.41, 5.74) is -2.34. The highest BCUT2D eigenvalue weighted by Crippen LogP contribution is 2.45. The predicted molar refractivity (Wildman–Crippen MR) is 66.9 cm³/mol. The number of aromatic nitrogens is 2. The number of fused-ring (bicyclic) bond motifs is 2. The molecule has 0 aromatic carbocycles. The van der Waals surface area contributed by atoms with Gasteiger partial charge in [0.05, 0.1) is 0 Å². The topological polar surface area (TPSA) is 75.1 Å². The molecule has 2 fully saturated rings. The number of nitrogens with one attached hydrogen (secondary N) is 1. The van der Waals surface area contributed by atoms with Crippen LogP contribution < -0.4 is 5.32 Å².